The van der Waals surface area contributed by atoms with Crippen LogP contribution >= 0.6 is 23.1 Å². The van der Waals surface area contributed by atoms with Crippen LogP contribution in [0, 0.1) is 0 Å². The number of fused-ring (bicyclic) bond motifs is 1. The number of aromatic nitrogens is 3. The third kappa shape index (κ3) is 2.48. The number of rotatable bonds is 4. The van der Waals surface area contributed by atoms with Crippen LogP contribution in [0.25, 0.3) is 16.3 Å². The van der Waals surface area contributed by atoms with Crippen LogP contribution in [-0.2, 0) is 5.75 Å². The van der Waals surface area contributed by atoms with E-state index in [1.807, 2.05) is 48.1 Å². The standard InChI is InChI=1S/C15H11N3OS2/c1-2-6-18-12(4-1)8-16-15(18)21-10-11-9-19-14(17-11)13-5-3-7-20-13/h1-9H,10H2. The molecule has 4 nitrogen and oxygen atoms in total. The largest absolute Gasteiger partial charge is 0.444 e. The van der Waals surface area contributed by atoms with Gasteiger partial charge < -0.3 is 4.42 Å². The Morgan fingerprint density at radius 1 is 1.24 bits per heavy atom. The van der Waals surface area contributed by atoms with Crippen LogP contribution in [0.15, 0.2) is 63.9 Å². The molecule has 0 radical (unpaired) electrons. The van der Waals surface area contributed by atoms with Crippen molar-refractivity contribution < 1.29 is 4.42 Å². The fraction of sp³-hybridized carbons (Fsp3) is 0.0667. The smallest absolute Gasteiger partial charge is 0.236 e. The Bertz CT molecular complexity index is 864. The van der Waals surface area contributed by atoms with Crippen LogP contribution < -0.4 is 0 Å². The number of thioether (sulfide) groups is 1. The number of imidazole rings is 1. The van der Waals surface area contributed by atoms with Crippen LogP contribution in [0.3, 0.4) is 0 Å². The van der Waals surface area contributed by atoms with E-state index in [2.05, 4.69) is 14.4 Å². The minimum atomic E-state index is 0.688. The maximum atomic E-state index is 5.53. The maximum absolute atomic E-state index is 5.53. The highest BCUT2D eigenvalue weighted by Gasteiger charge is 2.09. The van der Waals surface area contributed by atoms with Gasteiger partial charge in [0.15, 0.2) is 5.16 Å². The number of oxazole rings is 1. The van der Waals surface area contributed by atoms with Gasteiger partial charge in [-0.05, 0) is 23.6 Å². The van der Waals surface area contributed by atoms with Crippen molar-refractivity contribution in [3.8, 4) is 10.8 Å². The molecule has 0 aromatic carbocycles. The summed E-state index contributed by atoms with van der Waals surface area (Å²) in [5.41, 5.74) is 2.02. The summed E-state index contributed by atoms with van der Waals surface area (Å²) in [5, 5.41) is 2.98. The van der Waals surface area contributed by atoms with Gasteiger partial charge in [-0.2, -0.15) is 0 Å². The Morgan fingerprint density at radius 3 is 3.14 bits per heavy atom. The highest BCUT2D eigenvalue weighted by atomic mass is 32.2. The molecule has 4 aromatic heterocycles. The molecule has 4 heterocycles. The van der Waals surface area contributed by atoms with Crippen molar-refractivity contribution in [2.24, 2.45) is 0 Å². The molecule has 0 atom stereocenters. The van der Waals surface area contributed by atoms with E-state index in [0.717, 1.165) is 27.0 Å². The fourth-order valence-corrected chi connectivity index (χ4v) is 3.55. The molecule has 0 saturated heterocycles. The molecule has 104 valence electrons. The third-order valence-corrected chi connectivity index (χ3v) is 4.90. The molecule has 0 aliphatic rings. The molecule has 0 N–H and O–H groups in total. The summed E-state index contributed by atoms with van der Waals surface area (Å²) in [4.78, 5) is 10.0. The quantitative estimate of drug-likeness (QED) is 0.526. The van der Waals surface area contributed by atoms with E-state index in [0.29, 0.717) is 5.89 Å². The van der Waals surface area contributed by atoms with Gasteiger partial charge in [-0.25, -0.2) is 9.97 Å². The minimum absolute atomic E-state index is 0.688. The van der Waals surface area contributed by atoms with Crippen molar-refractivity contribution in [2.75, 3.05) is 0 Å². The van der Waals surface area contributed by atoms with Crippen molar-refractivity contribution in [3.63, 3.8) is 0 Å². The lowest BCUT2D eigenvalue weighted by atomic mass is 10.4. The van der Waals surface area contributed by atoms with Crippen LogP contribution in [0.2, 0.25) is 0 Å². The van der Waals surface area contributed by atoms with Crippen LogP contribution in [-0.4, -0.2) is 14.4 Å². The predicted molar refractivity (Wildman–Crippen MR) is 84.6 cm³/mol. The highest BCUT2D eigenvalue weighted by Crippen LogP contribution is 2.27. The highest BCUT2D eigenvalue weighted by molar-refractivity contribution is 7.98. The number of nitrogens with zero attached hydrogens (tertiary/aromatic N) is 3. The number of pyridine rings is 1. The number of thiophene rings is 1. The van der Waals surface area contributed by atoms with Gasteiger partial charge in [-0.1, -0.05) is 23.9 Å². The molecule has 21 heavy (non-hydrogen) atoms. The zero-order chi connectivity index (χ0) is 14.1. The second-order valence-electron chi connectivity index (χ2n) is 4.45. The summed E-state index contributed by atoms with van der Waals surface area (Å²) in [6.07, 6.45) is 5.62. The molecule has 0 unspecified atom stereocenters. The van der Waals surface area contributed by atoms with Crippen molar-refractivity contribution in [2.45, 2.75) is 10.9 Å². The lowest BCUT2D eigenvalue weighted by Gasteiger charge is -1.98. The van der Waals surface area contributed by atoms with Gasteiger partial charge in [0.2, 0.25) is 5.89 Å². The first kappa shape index (κ1) is 12.7. The molecule has 0 aliphatic heterocycles. The maximum Gasteiger partial charge on any atom is 0.236 e. The summed E-state index contributed by atoms with van der Waals surface area (Å²) in [6, 6.07) is 10.1. The average Bonchev–Trinajstić information content (AvgIpc) is 3.25. The van der Waals surface area contributed by atoms with Gasteiger partial charge in [0.25, 0.3) is 0 Å². The number of hydrogen-bond acceptors (Lipinski definition) is 5. The fourth-order valence-electron chi connectivity index (χ4n) is 2.05. The lowest BCUT2D eigenvalue weighted by Crippen LogP contribution is -1.87. The molecule has 0 saturated carbocycles. The summed E-state index contributed by atoms with van der Waals surface area (Å²) in [6.45, 7) is 0. The summed E-state index contributed by atoms with van der Waals surface area (Å²) in [7, 11) is 0. The molecular weight excluding hydrogens is 302 g/mol. The Hall–Kier alpha value is -2.05. The van der Waals surface area contributed by atoms with E-state index < -0.39 is 0 Å². The van der Waals surface area contributed by atoms with Gasteiger partial charge in [-0.3, -0.25) is 4.40 Å². The summed E-state index contributed by atoms with van der Waals surface area (Å²) < 4.78 is 7.60. The molecule has 4 rings (SSSR count). The molecule has 0 bridgehead atoms. The van der Waals surface area contributed by atoms with E-state index in [-0.39, 0.29) is 0 Å². The molecule has 0 aliphatic carbocycles. The van der Waals surface area contributed by atoms with Crippen LogP contribution in [0.1, 0.15) is 5.69 Å². The normalized spacial score (nSPS) is 11.2. The van der Waals surface area contributed by atoms with E-state index in [1.54, 1.807) is 29.4 Å². The Kier molecular flexibility index (Phi) is 3.25. The second kappa shape index (κ2) is 5.38. The van der Waals surface area contributed by atoms with Crippen molar-refractivity contribution in [1.29, 1.82) is 0 Å². The van der Waals surface area contributed by atoms with E-state index in [4.69, 9.17) is 4.42 Å². The van der Waals surface area contributed by atoms with Gasteiger partial charge in [-0.15, -0.1) is 11.3 Å². The SMILES string of the molecule is c1csc(-c2nc(CSc3ncc4ccccn34)co2)c1. The van der Waals surface area contributed by atoms with Crippen molar-refractivity contribution in [3.05, 3.63) is 60.1 Å². The van der Waals surface area contributed by atoms with E-state index >= 15 is 0 Å². The zero-order valence-corrected chi connectivity index (χ0v) is 12.6. The molecule has 4 aromatic rings. The first-order valence-corrected chi connectivity index (χ1v) is 8.30. The topological polar surface area (TPSA) is 43.3 Å². The first-order chi connectivity index (χ1) is 10.4. The zero-order valence-electron chi connectivity index (χ0n) is 11.0. The molecule has 0 amide bonds. The predicted octanol–water partition coefficient (Wildman–Crippen LogP) is 4.34. The molecular formula is C15H11N3OS2. The average molecular weight is 313 g/mol. The van der Waals surface area contributed by atoms with Crippen LogP contribution in [0.4, 0.5) is 0 Å². The number of hydrogen-bond donors (Lipinski definition) is 0. The Labute approximate surface area is 129 Å². The minimum Gasteiger partial charge on any atom is -0.444 e. The van der Waals surface area contributed by atoms with Crippen molar-refractivity contribution >= 4 is 28.6 Å². The van der Waals surface area contributed by atoms with E-state index in [1.165, 1.54) is 0 Å². The van der Waals surface area contributed by atoms with Gasteiger partial charge in [0, 0.05) is 11.9 Å². The Morgan fingerprint density at radius 2 is 2.24 bits per heavy atom. The van der Waals surface area contributed by atoms with Crippen LogP contribution in [0.5, 0.6) is 0 Å². The molecule has 6 heteroatoms. The lowest BCUT2D eigenvalue weighted by molar-refractivity contribution is 0.575. The van der Waals surface area contributed by atoms with Crippen molar-refractivity contribution in [1.82, 2.24) is 14.4 Å². The van der Waals surface area contributed by atoms with Gasteiger partial charge >= 0.3 is 0 Å². The van der Waals surface area contributed by atoms with E-state index in [9.17, 15) is 0 Å². The Balaban J connectivity index is 1.52. The molecule has 0 spiro atoms. The molecule has 0 fully saturated rings. The summed E-state index contributed by atoms with van der Waals surface area (Å²) in [5.74, 6) is 1.43. The summed E-state index contributed by atoms with van der Waals surface area (Å²) >= 11 is 3.28. The monoisotopic (exact) mass is 313 g/mol. The van der Waals surface area contributed by atoms with Gasteiger partial charge in [0.1, 0.15) is 6.26 Å². The third-order valence-electron chi connectivity index (χ3n) is 3.04. The second-order valence-corrected chi connectivity index (χ2v) is 6.34. The first-order valence-electron chi connectivity index (χ1n) is 6.43. The van der Waals surface area contributed by atoms with Gasteiger partial charge in [0.05, 0.1) is 22.3 Å².